The smallest absolute Gasteiger partial charge is 0.306 e. The zero-order valence-electron chi connectivity index (χ0n) is 14.1. The Morgan fingerprint density at radius 2 is 2.20 bits per heavy atom. The molecule has 0 saturated carbocycles. The Kier molecular flexibility index (Phi) is 8.78. The number of rotatable bonds is 9. The second-order valence-electron chi connectivity index (χ2n) is 5.63. The summed E-state index contributed by atoms with van der Waals surface area (Å²) in [7, 11) is 5.39. The molecule has 1 heterocycles. The molecule has 0 unspecified atom stereocenters. The van der Waals surface area contributed by atoms with Crippen LogP contribution in [0.5, 0.6) is 5.75 Å². The second kappa shape index (κ2) is 10.8. The Balaban J connectivity index is 1.60. The maximum atomic E-state index is 11.8. The topological polar surface area (TPSA) is 64.6 Å². The molecule has 0 bridgehead atoms. The van der Waals surface area contributed by atoms with Gasteiger partial charge in [0.25, 0.3) is 5.91 Å². The van der Waals surface area contributed by atoms with Crippen molar-refractivity contribution in [3.05, 3.63) is 23.2 Å². The molecule has 5 nitrogen and oxygen atoms in total. The van der Waals surface area contributed by atoms with E-state index < -0.39 is 5.91 Å². The standard InChI is InChI=1S/C17H22ClNO4S2/c1-22-15-7-6-12(10-14(15)18)19-16(20)11-23-17(21)5-3-2-4-13-8-9-24-25-13/h6-7,10,13H,2-5,8-9,11H2,1H3,(H,19,20)/t13-/m1/s1. The van der Waals surface area contributed by atoms with Crippen molar-refractivity contribution in [2.45, 2.75) is 37.4 Å². The van der Waals surface area contributed by atoms with Crippen LogP contribution in [0, 0.1) is 0 Å². The van der Waals surface area contributed by atoms with Gasteiger partial charge >= 0.3 is 5.97 Å². The number of esters is 1. The van der Waals surface area contributed by atoms with E-state index in [0.29, 0.717) is 22.9 Å². The lowest BCUT2D eigenvalue weighted by Crippen LogP contribution is -2.20. The molecule has 2 rings (SSSR count). The number of anilines is 1. The first kappa shape index (κ1) is 20.3. The molecular weight excluding hydrogens is 382 g/mol. The third-order valence-electron chi connectivity index (χ3n) is 3.68. The van der Waals surface area contributed by atoms with Gasteiger partial charge in [-0.15, -0.1) is 0 Å². The fourth-order valence-corrected chi connectivity index (χ4v) is 5.65. The lowest BCUT2D eigenvalue weighted by Gasteiger charge is -2.09. The predicted octanol–water partition coefficient (Wildman–Crippen LogP) is 4.54. The van der Waals surface area contributed by atoms with E-state index in [1.807, 2.05) is 21.6 Å². The van der Waals surface area contributed by atoms with Crippen LogP contribution >= 0.6 is 33.2 Å². The lowest BCUT2D eigenvalue weighted by molar-refractivity contribution is -0.147. The van der Waals surface area contributed by atoms with E-state index in [0.717, 1.165) is 24.5 Å². The number of hydrogen-bond acceptors (Lipinski definition) is 6. The molecule has 25 heavy (non-hydrogen) atoms. The lowest BCUT2D eigenvalue weighted by atomic mass is 10.1. The molecule has 1 aliphatic heterocycles. The first-order chi connectivity index (χ1) is 12.1. The van der Waals surface area contributed by atoms with Crippen molar-refractivity contribution in [3.8, 4) is 5.75 Å². The number of methoxy groups -OCH3 is 1. The van der Waals surface area contributed by atoms with Crippen LogP contribution < -0.4 is 10.1 Å². The van der Waals surface area contributed by atoms with Crippen molar-refractivity contribution >= 4 is 50.8 Å². The van der Waals surface area contributed by atoms with E-state index in [-0.39, 0.29) is 12.6 Å². The van der Waals surface area contributed by atoms with E-state index >= 15 is 0 Å². The van der Waals surface area contributed by atoms with Crippen LogP contribution in [0.4, 0.5) is 5.69 Å². The first-order valence-electron chi connectivity index (χ1n) is 8.16. The molecule has 1 atom stereocenters. The molecule has 1 aliphatic rings. The van der Waals surface area contributed by atoms with Gasteiger partial charge in [-0.25, -0.2) is 0 Å². The summed E-state index contributed by atoms with van der Waals surface area (Å²) in [5, 5.41) is 3.76. The molecule has 1 fully saturated rings. The molecule has 1 N–H and O–H groups in total. The van der Waals surface area contributed by atoms with Gasteiger partial charge in [-0.2, -0.15) is 0 Å². The van der Waals surface area contributed by atoms with Gasteiger partial charge < -0.3 is 14.8 Å². The minimum atomic E-state index is -0.394. The minimum absolute atomic E-state index is 0.294. The molecule has 1 saturated heterocycles. The van der Waals surface area contributed by atoms with Gasteiger partial charge in [-0.1, -0.05) is 39.6 Å². The number of nitrogens with one attached hydrogen (secondary N) is 1. The van der Waals surface area contributed by atoms with Crippen LogP contribution in [-0.2, 0) is 14.3 Å². The molecule has 0 aromatic heterocycles. The van der Waals surface area contributed by atoms with Crippen molar-refractivity contribution < 1.29 is 19.1 Å². The number of carbonyl (C=O) groups is 2. The Bertz CT molecular complexity index is 594. The number of benzene rings is 1. The molecule has 138 valence electrons. The van der Waals surface area contributed by atoms with Gasteiger partial charge in [0.05, 0.1) is 12.1 Å². The Hall–Kier alpha value is -1.05. The van der Waals surface area contributed by atoms with Crippen LogP contribution in [-0.4, -0.2) is 36.6 Å². The summed E-state index contributed by atoms with van der Waals surface area (Å²) in [6.45, 7) is -0.294. The van der Waals surface area contributed by atoms with Gasteiger partial charge in [0.2, 0.25) is 0 Å². The largest absolute Gasteiger partial charge is 0.495 e. The molecule has 1 aromatic rings. The quantitative estimate of drug-likeness (QED) is 0.371. The molecule has 1 amide bonds. The number of unbranched alkanes of at least 4 members (excludes halogenated alkanes) is 1. The monoisotopic (exact) mass is 403 g/mol. The summed E-state index contributed by atoms with van der Waals surface area (Å²) in [5.74, 6) is 1.03. The fourth-order valence-electron chi connectivity index (χ4n) is 2.37. The summed E-state index contributed by atoms with van der Waals surface area (Å²) in [5.41, 5.74) is 0.527. The van der Waals surface area contributed by atoms with Crippen molar-refractivity contribution in [2.75, 3.05) is 24.8 Å². The molecule has 8 heteroatoms. The second-order valence-corrected chi connectivity index (χ2v) is 8.83. The number of carbonyl (C=O) groups excluding carboxylic acids is 2. The fraction of sp³-hybridized carbons (Fsp3) is 0.529. The summed E-state index contributed by atoms with van der Waals surface area (Å²) >= 11 is 5.99. The Morgan fingerprint density at radius 1 is 1.36 bits per heavy atom. The van der Waals surface area contributed by atoms with E-state index in [1.165, 1.54) is 19.3 Å². The third-order valence-corrected chi connectivity index (χ3v) is 6.99. The molecule has 1 aromatic carbocycles. The first-order valence-corrected chi connectivity index (χ1v) is 10.9. The summed E-state index contributed by atoms with van der Waals surface area (Å²) in [4.78, 5) is 23.5. The number of ether oxygens (including phenoxy) is 2. The SMILES string of the molecule is COc1ccc(NC(=O)COC(=O)CCCC[C@@H]2CCSS2)cc1Cl. The molecule has 0 aliphatic carbocycles. The number of amides is 1. The summed E-state index contributed by atoms with van der Waals surface area (Å²) in [6.07, 6.45) is 4.57. The average molecular weight is 404 g/mol. The van der Waals surface area contributed by atoms with Crippen molar-refractivity contribution in [2.24, 2.45) is 0 Å². The highest BCUT2D eigenvalue weighted by Gasteiger charge is 2.16. The van der Waals surface area contributed by atoms with Crippen molar-refractivity contribution in [1.29, 1.82) is 0 Å². The van der Waals surface area contributed by atoms with Gasteiger partial charge in [0, 0.05) is 23.1 Å². The van der Waals surface area contributed by atoms with Crippen LogP contribution in [0.3, 0.4) is 0 Å². The molecular formula is C17H22ClNO4S2. The third kappa shape index (κ3) is 7.38. The Morgan fingerprint density at radius 3 is 2.88 bits per heavy atom. The maximum absolute atomic E-state index is 11.8. The van der Waals surface area contributed by atoms with Gasteiger partial charge in [0.15, 0.2) is 6.61 Å². The summed E-state index contributed by atoms with van der Waals surface area (Å²) in [6, 6.07) is 4.91. The predicted molar refractivity (Wildman–Crippen MR) is 105 cm³/mol. The van der Waals surface area contributed by atoms with E-state index in [2.05, 4.69) is 5.32 Å². The van der Waals surface area contributed by atoms with Crippen molar-refractivity contribution in [3.63, 3.8) is 0 Å². The maximum Gasteiger partial charge on any atom is 0.306 e. The van der Waals surface area contributed by atoms with Crippen LogP contribution in [0.2, 0.25) is 5.02 Å². The molecule has 0 radical (unpaired) electrons. The van der Waals surface area contributed by atoms with Crippen LogP contribution in [0.25, 0.3) is 0 Å². The highest BCUT2D eigenvalue weighted by Crippen LogP contribution is 2.39. The van der Waals surface area contributed by atoms with Gasteiger partial charge in [-0.3, -0.25) is 9.59 Å². The molecule has 0 spiro atoms. The minimum Gasteiger partial charge on any atom is -0.495 e. The van der Waals surface area contributed by atoms with Gasteiger partial charge in [-0.05, 0) is 37.5 Å². The highest BCUT2D eigenvalue weighted by molar-refractivity contribution is 8.77. The van der Waals surface area contributed by atoms with E-state index in [4.69, 9.17) is 21.1 Å². The number of hydrogen-bond donors (Lipinski definition) is 1. The zero-order chi connectivity index (χ0) is 18.1. The highest BCUT2D eigenvalue weighted by atomic mass is 35.5. The van der Waals surface area contributed by atoms with E-state index in [1.54, 1.807) is 18.2 Å². The average Bonchev–Trinajstić information content (AvgIpc) is 3.10. The van der Waals surface area contributed by atoms with Crippen molar-refractivity contribution in [1.82, 2.24) is 0 Å². The summed E-state index contributed by atoms with van der Waals surface area (Å²) < 4.78 is 10.1. The normalized spacial score (nSPS) is 16.5. The van der Waals surface area contributed by atoms with E-state index in [9.17, 15) is 9.59 Å². The van der Waals surface area contributed by atoms with Crippen LogP contribution in [0.1, 0.15) is 32.1 Å². The van der Waals surface area contributed by atoms with Crippen LogP contribution in [0.15, 0.2) is 18.2 Å². The zero-order valence-corrected chi connectivity index (χ0v) is 16.5. The number of halogens is 1. The van der Waals surface area contributed by atoms with Gasteiger partial charge in [0.1, 0.15) is 5.75 Å². The Labute approximate surface area is 160 Å².